The Hall–Kier alpha value is -2.42. The van der Waals surface area contributed by atoms with Gasteiger partial charge in [0.1, 0.15) is 17.3 Å². The highest BCUT2D eigenvalue weighted by Crippen LogP contribution is 2.29. The van der Waals surface area contributed by atoms with Crippen molar-refractivity contribution in [3.63, 3.8) is 0 Å². The van der Waals surface area contributed by atoms with Gasteiger partial charge >= 0.3 is 6.18 Å². The molecule has 3 aromatic rings. The smallest absolute Gasteiger partial charge is 0.383 e. The Labute approximate surface area is 133 Å². The van der Waals surface area contributed by atoms with E-state index < -0.39 is 11.9 Å². The monoisotopic (exact) mass is 337 g/mol. The molecule has 0 aliphatic carbocycles. The third-order valence-corrected chi connectivity index (χ3v) is 3.79. The van der Waals surface area contributed by atoms with E-state index in [1.807, 2.05) is 12.1 Å². The summed E-state index contributed by atoms with van der Waals surface area (Å²) in [4.78, 5) is 15.8. The van der Waals surface area contributed by atoms with E-state index in [0.717, 1.165) is 29.4 Å². The first-order chi connectivity index (χ1) is 10.9. The van der Waals surface area contributed by atoms with Crippen LogP contribution in [0.15, 0.2) is 41.7 Å². The molecule has 0 bridgehead atoms. The normalized spacial score (nSPS) is 11.8. The van der Waals surface area contributed by atoms with E-state index in [0.29, 0.717) is 17.2 Å². The van der Waals surface area contributed by atoms with Crippen LogP contribution in [0, 0.1) is 0 Å². The SMILES string of the molecule is Nc1nc(CSc2nccc(C(F)(F)F)n2)nc2ccccc12. The summed E-state index contributed by atoms with van der Waals surface area (Å²) in [6.07, 6.45) is -3.42. The van der Waals surface area contributed by atoms with Gasteiger partial charge in [0.25, 0.3) is 0 Å². The summed E-state index contributed by atoms with van der Waals surface area (Å²) in [5.74, 6) is 0.958. The van der Waals surface area contributed by atoms with E-state index in [1.165, 1.54) is 0 Å². The zero-order chi connectivity index (χ0) is 16.4. The molecule has 9 heteroatoms. The van der Waals surface area contributed by atoms with Crippen molar-refractivity contribution in [3.8, 4) is 0 Å². The van der Waals surface area contributed by atoms with Gasteiger partial charge in [-0.2, -0.15) is 13.2 Å². The van der Waals surface area contributed by atoms with E-state index in [9.17, 15) is 13.2 Å². The zero-order valence-corrected chi connectivity index (χ0v) is 12.4. The number of aromatic nitrogens is 4. The van der Waals surface area contributed by atoms with Crippen molar-refractivity contribution in [2.45, 2.75) is 17.1 Å². The van der Waals surface area contributed by atoms with Crippen LogP contribution in [0.3, 0.4) is 0 Å². The maximum absolute atomic E-state index is 12.6. The Morgan fingerprint density at radius 1 is 1.04 bits per heavy atom. The molecule has 0 aliphatic rings. The van der Waals surface area contributed by atoms with Crippen LogP contribution >= 0.6 is 11.8 Å². The van der Waals surface area contributed by atoms with Crippen LogP contribution in [0.25, 0.3) is 10.9 Å². The summed E-state index contributed by atoms with van der Waals surface area (Å²) < 4.78 is 37.9. The number of rotatable bonds is 3. The Kier molecular flexibility index (Phi) is 4.03. The van der Waals surface area contributed by atoms with Crippen molar-refractivity contribution in [1.29, 1.82) is 0 Å². The number of thioether (sulfide) groups is 1. The van der Waals surface area contributed by atoms with Gasteiger partial charge in [-0.15, -0.1) is 0 Å². The lowest BCUT2D eigenvalue weighted by atomic mass is 10.2. The number of benzene rings is 1. The molecule has 5 nitrogen and oxygen atoms in total. The van der Waals surface area contributed by atoms with Crippen LogP contribution in [0.5, 0.6) is 0 Å². The maximum Gasteiger partial charge on any atom is 0.433 e. The molecule has 0 saturated carbocycles. The van der Waals surface area contributed by atoms with E-state index in [-0.39, 0.29) is 10.9 Å². The third kappa shape index (κ3) is 3.50. The van der Waals surface area contributed by atoms with E-state index in [1.54, 1.807) is 12.1 Å². The second-order valence-electron chi connectivity index (χ2n) is 4.55. The Morgan fingerprint density at radius 2 is 1.83 bits per heavy atom. The number of hydrogen-bond donors (Lipinski definition) is 1. The molecule has 0 aliphatic heterocycles. The lowest BCUT2D eigenvalue weighted by Gasteiger charge is -2.07. The summed E-state index contributed by atoms with van der Waals surface area (Å²) in [6, 6.07) is 8.07. The van der Waals surface area contributed by atoms with Crippen molar-refractivity contribution in [2.75, 3.05) is 5.73 Å². The number of alkyl halides is 3. The van der Waals surface area contributed by atoms with E-state index >= 15 is 0 Å². The van der Waals surface area contributed by atoms with Gasteiger partial charge in [-0.05, 0) is 18.2 Å². The summed E-state index contributed by atoms with van der Waals surface area (Å²) in [5.41, 5.74) is 5.57. The first kappa shape index (κ1) is 15.5. The highest BCUT2D eigenvalue weighted by atomic mass is 32.2. The molecule has 0 radical (unpaired) electrons. The minimum absolute atomic E-state index is 0.00940. The molecule has 2 N–H and O–H groups in total. The van der Waals surface area contributed by atoms with Crippen LogP contribution in [0.2, 0.25) is 0 Å². The quantitative estimate of drug-likeness (QED) is 0.583. The van der Waals surface area contributed by atoms with Crippen LogP contribution in [-0.4, -0.2) is 19.9 Å². The lowest BCUT2D eigenvalue weighted by Crippen LogP contribution is -2.09. The molecule has 0 unspecified atom stereocenters. The van der Waals surface area contributed by atoms with Gasteiger partial charge in [0.2, 0.25) is 0 Å². The predicted octanol–water partition coefficient (Wildman–Crippen LogP) is 3.31. The number of nitrogens with zero attached hydrogens (tertiary/aromatic N) is 4. The van der Waals surface area contributed by atoms with Crippen LogP contribution in [-0.2, 0) is 11.9 Å². The molecular weight excluding hydrogens is 327 g/mol. The number of fused-ring (bicyclic) bond motifs is 1. The number of hydrogen-bond acceptors (Lipinski definition) is 6. The molecule has 0 saturated heterocycles. The van der Waals surface area contributed by atoms with Crippen molar-refractivity contribution >= 4 is 28.5 Å². The minimum atomic E-state index is -4.50. The summed E-state index contributed by atoms with van der Waals surface area (Å²) >= 11 is 1.02. The summed E-state index contributed by atoms with van der Waals surface area (Å²) in [5, 5.41) is 0.742. The first-order valence-corrected chi connectivity index (χ1v) is 7.46. The zero-order valence-electron chi connectivity index (χ0n) is 11.6. The third-order valence-electron chi connectivity index (χ3n) is 2.93. The molecule has 2 aromatic heterocycles. The highest BCUT2D eigenvalue weighted by molar-refractivity contribution is 7.98. The fourth-order valence-electron chi connectivity index (χ4n) is 1.91. The Balaban J connectivity index is 1.81. The molecule has 1 aromatic carbocycles. The minimum Gasteiger partial charge on any atom is -0.383 e. The fraction of sp³-hybridized carbons (Fsp3) is 0.143. The lowest BCUT2D eigenvalue weighted by molar-refractivity contribution is -0.141. The standard InChI is InChI=1S/C14H10F3N5S/c15-14(16,17)10-5-6-19-13(21-10)23-7-11-20-9-4-2-1-3-8(9)12(18)22-11/h1-6H,7H2,(H2,18,20,22). The van der Waals surface area contributed by atoms with Crippen molar-refractivity contribution in [2.24, 2.45) is 0 Å². The fourth-order valence-corrected chi connectivity index (χ4v) is 2.60. The van der Waals surface area contributed by atoms with Crippen LogP contribution < -0.4 is 5.73 Å². The molecule has 0 amide bonds. The Morgan fingerprint density at radius 3 is 2.61 bits per heavy atom. The van der Waals surface area contributed by atoms with Gasteiger partial charge in [-0.25, -0.2) is 19.9 Å². The van der Waals surface area contributed by atoms with E-state index in [4.69, 9.17) is 5.73 Å². The average molecular weight is 337 g/mol. The van der Waals surface area contributed by atoms with Crippen molar-refractivity contribution in [1.82, 2.24) is 19.9 Å². The number of para-hydroxylation sites is 1. The average Bonchev–Trinajstić information content (AvgIpc) is 2.52. The topological polar surface area (TPSA) is 77.6 Å². The summed E-state index contributed by atoms with van der Waals surface area (Å²) in [7, 11) is 0. The molecule has 3 rings (SSSR count). The second kappa shape index (κ2) is 5.99. The van der Waals surface area contributed by atoms with Crippen molar-refractivity contribution < 1.29 is 13.2 Å². The largest absolute Gasteiger partial charge is 0.433 e. The van der Waals surface area contributed by atoms with Gasteiger partial charge in [0, 0.05) is 11.6 Å². The number of halogens is 3. The predicted molar refractivity (Wildman–Crippen MR) is 80.5 cm³/mol. The van der Waals surface area contributed by atoms with E-state index in [2.05, 4.69) is 19.9 Å². The maximum atomic E-state index is 12.6. The van der Waals surface area contributed by atoms with Gasteiger partial charge in [-0.1, -0.05) is 23.9 Å². The molecule has 0 spiro atoms. The second-order valence-corrected chi connectivity index (χ2v) is 5.50. The van der Waals surface area contributed by atoms with Gasteiger partial charge in [-0.3, -0.25) is 0 Å². The molecular formula is C14H10F3N5S. The summed E-state index contributed by atoms with van der Waals surface area (Å²) in [6.45, 7) is 0. The van der Waals surface area contributed by atoms with Crippen LogP contribution in [0.4, 0.5) is 19.0 Å². The molecule has 118 valence electrons. The number of nitrogens with two attached hydrogens (primary N) is 1. The molecule has 2 heterocycles. The van der Waals surface area contributed by atoms with Gasteiger partial charge in [0.15, 0.2) is 5.16 Å². The van der Waals surface area contributed by atoms with Crippen LogP contribution in [0.1, 0.15) is 11.5 Å². The molecule has 0 atom stereocenters. The Bertz CT molecular complexity index is 853. The van der Waals surface area contributed by atoms with Gasteiger partial charge in [0.05, 0.1) is 11.3 Å². The van der Waals surface area contributed by atoms with Gasteiger partial charge < -0.3 is 5.73 Å². The highest BCUT2D eigenvalue weighted by Gasteiger charge is 2.32. The molecule has 0 fully saturated rings. The number of nitrogen functional groups attached to an aromatic ring is 1. The van der Waals surface area contributed by atoms with Crippen molar-refractivity contribution in [3.05, 3.63) is 48.0 Å². The first-order valence-electron chi connectivity index (χ1n) is 6.47. The molecule has 23 heavy (non-hydrogen) atoms. The number of anilines is 1.